The Balaban J connectivity index is 1.96. The van der Waals surface area contributed by atoms with Crippen molar-refractivity contribution in [1.82, 2.24) is 20.2 Å². The Morgan fingerprint density at radius 3 is 2.43 bits per heavy atom. The van der Waals surface area contributed by atoms with Crippen LogP contribution in [0.3, 0.4) is 0 Å². The van der Waals surface area contributed by atoms with Crippen LogP contribution < -0.4 is 10.2 Å². The number of hydrogen-bond donors (Lipinski definition) is 1. The molecule has 1 aromatic carbocycles. The Morgan fingerprint density at radius 2 is 1.77 bits per heavy atom. The van der Waals surface area contributed by atoms with Gasteiger partial charge in [-0.15, -0.1) is 0 Å². The summed E-state index contributed by atoms with van der Waals surface area (Å²) in [6.07, 6.45) is 4.15. The van der Waals surface area contributed by atoms with Crippen LogP contribution in [-0.4, -0.2) is 59.5 Å². The first-order chi connectivity index (χ1) is 16.9. The third kappa shape index (κ3) is 10.4. The normalized spacial score (nSPS) is 12.1. The van der Waals surface area contributed by atoms with E-state index in [0.717, 1.165) is 69.8 Å². The number of halogens is 1. The molecule has 1 N–H and O–H groups in total. The molecule has 2 aromatic rings. The van der Waals surface area contributed by atoms with Gasteiger partial charge in [0.1, 0.15) is 11.0 Å². The molecule has 1 unspecified atom stereocenters. The molecule has 0 saturated carbocycles. The number of anilines is 1. The summed E-state index contributed by atoms with van der Waals surface area (Å²) in [4.78, 5) is 26.6. The summed E-state index contributed by atoms with van der Waals surface area (Å²) in [6.45, 7) is 15.9. The van der Waals surface area contributed by atoms with Gasteiger partial charge >= 0.3 is 0 Å². The second-order valence-corrected chi connectivity index (χ2v) is 10.2. The molecule has 0 saturated heterocycles. The van der Waals surface area contributed by atoms with Crippen LogP contribution in [0.4, 0.5) is 5.82 Å². The summed E-state index contributed by atoms with van der Waals surface area (Å²) in [6, 6.07) is 9.77. The van der Waals surface area contributed by atoms with Crippen molar-refractivity contribution in [3.63, 3.8) is 0 Å². The minimum atomic E-state index is -0.0248. The third-order valence-corrected chi connectivity index (χ3v) is 7.02. The third-order valence-electron chi connectivity index (χ3n) is 5.91. The van der Waals surface area contributed by atoms with Crippen LogP contribution in [-0.2, 0) is 5.75 Å². The SMILES string of the molecule is CCCN(CCC)c1cc(Cl)nc(SCc2cccc(C(=O)NC(C)CCCN(CC)CC)c2)n1. The van der Waals surface area contributed by atoms with Crippen molar-refractivity contribution in [2.45, 2.75) is 77.3 Å². The molecule has 8 heteroatoms. The van der Waals surface area contributed by atoms with Gasteiger partial charge < -0.3 is 15.1 Å². The van der Waals surface area contributed by atoms with Gasteiger partial charge in [0, 0.05) is 36.5 Å². The highest BCUT2D eigenvalue weighted by atomic mass is 35.5. The lowest BCUT2D eigenvalue weighted by atomic mass is 10.1. The van der Waals surface area contributed by atoms with Crippen LogP contribution >= 0.6 is 23.4 Å². The molecule has 0 aliphatic rings. The van der Waals surface area contributed by atoms with Crippen molar-refractivity contribution >= 4 is 35.1 Å². The van der Waals surface area contributed by atoms with Crippen LogP contribution in [0.25, 0.3) is 0 Å². The lowest BCUT2D eigenvalue weighted by Crippen LogP contribution is -2.33. The smallest absolute Gasteiger partial charge is 0.251 e. The molecular weight excluding hydrogens is 478 g/mol. The van der Waals surface area contributed by atoms with E-state index in [1.54, 1.807) is 0 Å². The molecular formula is C27H42ClN5OS. The average Bonchev–Trinajstić information content (AvgIpc) is 2.85. The first kappa shape index (κ1) is 29.4. The number of nitrogens with zero attached hydrogens (tertiary/aromatic N) is 4. The van der Waals surface area contributed by atoms with E-state index in [-0.39, 0.29) is 11.9 Å². The number of benzene rings is 1. The molecule has 35 heavy (non-hydrogen) atoms. The van der Waals surface area contributed by atoms with Gasteiger partial charge in [0.15, 0.2) is 5.16 Å². The topological polar surface area (TPSA) is 61.4 Å². The fourth-order valence-electron chi connectivity index (χ4n) is 3.98. The van der Waals surface area contributed by atoms with E-state index in [1.165, 1.54) is 11.8 Å². The van der Waals surface area contributed by atoms with Crippen LogP contribution in [0.2, 0.25) is 5.15 Å². The maximum atomic E-state index is 12.8. The molecule has 1 amide bonds. The van der Waals surface area contributed by atoms with E-state index in [0.29, 0.717) is 21.6 Å². The van der Waals surface area contributed by atoms with Gasteiger partial charge in [0.05, 0.1) is 0 Å². The van der Waals surface area contributed by atoms with Crippen LogP contribution in [0.5, 0.6) is 0 Å². The molecule has 194 valence electrons. The monoisotopic (exact) mass is 519 g/mol. The first-order valence-corrected chi connectivity index (χ1v) is 14.3. The second-order valence-electron chi connectivity index (χ2n) is 8.85. The number of thioether (sulfide) groups is 1. The Morgan fingerprint density at radius 1 is 1.06 bits per heavy atom. The number of aromatic nitrogens is 2. The second kappa shape index (κ2) is 16.0. The highest BCUT2D eigenvalue weighted by molar-refractivity contribution is 7.98. The molecule has 0 bridgehead atoms. The number of hydrogen-bond acceptors (Lipinski definition) is 6. The standard InChI is InChI=1S/C27H42ClN5OS/c1-6-15-33(16-7-2)25-19-24(28)30-27(31-25)35-20-22-13-10-14-23(18-22)26(34)29-21(5)12-11-17-32(8-3)9-4/h10,13-14,18-19,21H,6-9,11-12,15-17,20H2,1-5H3,(H,29,34). The average molecular weight is 520 g/mol. The van der Waals surface area contributed by atoms with Crippen LogP contribution in [0, 0.1) is 0 Å². The predicted octanol–water partition coefficient (Wildman–Crippen LogP) is 6.29. The Hall–Kier alpha value is -1.83. The van der Waals surface area contributed by atoms with Gasteiger partial charge in [-0.2, -0.15) is 0 Å². The van der Waals surface area contributed by atoms with Crippen molar-refractivity contribution in [2.75, 3.05) is 37.6 Å². The van der Waals surface area contributed by atoms with Crippen molar-refractivity contribution in [1.29, 1.82) is 0 Å². The number of amides is 1. The number of carbonyl (C=O) groups excluding carboxylic acids is 1. The quantitative estimate of drug-likeness (QED) is 0.160. The summed E-state index contributed by atoms with van der Waals surface area (Å²) in [7, 11) is 0. The maximum absolute atomic E-state index is 12.8. The number of rotatable bonds is 16. The van der Waals surface area contributed by atoms with Gasteiger partial charge in [-0.1, -0.05) is 63.2 Å². The fourth-order valence-corrected chi connectivity index (χ4v) is 5.01. The lowest BCUT2D eigenvalue weighted by Gasteiger charge is -2.22. The zero-order chi connectivity index (χ0) is 25.6. The van der Waals surface area contributed by atoms with Crippen molar-refractivity contribution in [2.24, 2.45) is 0 Å². The zero-order valence-electron chi connectivity index (χ0n) is 22.0. The Kier molecular flexibility index (Phi) is 13.5. The van der Waals surface area contributed by atoms with E-state index in [1.807, 2.05) is 30.3 Å². The fraction of sp³-hybridized carbons (Fsp3) is 0.593. The summed E-state index contributed by atoms with van der Waals surface area (Å²) < 4.78 is 0. The lowest BCUT2D eigenvalue weighted by molar-refractivity contribution is 0.0937. The Bertz CT molecular complexity index is 903. The molecule has 0 aliphatic carbocycles. The van der Waals surface area contributed by atoms with Gasteiger partial charge in [-0.25, -0.2) is 9.97 Å². The highest BCUT2D eigenvalue weighted by Crippen LogP contribution is 2.25. The zero-order valence-corrected chi connectivity index (χ0v) is 23.6. The van der Waals surface area contributed by atoms with Gasteiger partial charge in [-0.05, 0) is 69.9 Å². The van der Waals surface area contributed by atoms with E-state index in [2.05, 4.69) is 54.7 Å². The van der Waals surface area contributed by atoms with E-state index < -0.39 is 0 Å². The summed E-state index contributed by atoms with van der Waals surface area (Å²) in [5, 5.41) is 4.26. The molecule has 1 aromatic heterocycles. The molecule has 0 radical (unpaired) electrons. The number of carbonyl (C=O) groups is 1. The summed E-state index contributed by atoms with van der Waals surface area (Å²) in [5.41, 5.74) is 1.74. The van der Waals surface area contributed by atoms with Crippen LogP contribution in [0.15, 0.2) is 35.5 Å². The van der Waals surface area contributed by atoms with Gasteiger partial charge in [0.2, 0.25) is 0 Å². The van der Waals surface area contributed by atoms with E-state index in [4.69, 9.17) is 16.6 Å². The minimum absolute atomic E-state index is 0.0248. The van der Waals surface area contributed by atoms with Crippen molar-refractivity contribution in [3.8, 4) is 0 Å². The van der Waals surface area contributed by atoms with Gasteiger partial charge in [0.25, 0.3) is 5.91 Å². The highest BCUT2D eigenvalue weighted by Gasteiger charge is 2.13. The minimum Gasteiger partial charge on any atom is -0.356 e. The van der Waals surface area contributed by atoms with E-state index in [9.17, 15) is 4.79 Å². The maximum Gasteiger partial charge on any atom is 0.251 e. The molecule has 0 spiro atoms. The molecule has 1 atom stereocenters. The van der Waals surface area contributed by atoms with Crippen molar-refractivity contribution in [3.05, 3.63) is 46.6 Å². The van der Waals surface area contributed by atoms with Gasteiger partial charge in [-0.3, -0.25) is 4.79 Å². The molecule has 1 heterocycles. The van der Waals surface area contributed by atoms with E-state index >= 15 is 0 Å². The predicted molar refractivity (Wildman–Crippen MR) is 150 cm³/mol. The largest absolute Gasteiger partial charge is 0.356 e. The number of nitrogens with one attached hydrogen (secondary N) is 1. The Labute approximate surface area is 221 Å². The summed E-state index contributed by atoms with van der Waals surface area (Å²) >= 11 is 7.85. The van der Waals surface area contributed by atoms with Crippen molar-refractivity contribution < 1.29 is 4.79 Å². The molecule has 2 rings (SSSR count). The molecule has 0 fully saturated rings. The first-order valence-electron chi connectivity index (χ1n) is 12.9. The summed E-state index contributed by atoms with van der Waals surface area (Å²) in [5.74, 6) is 1.52. The molecule has 6 nitrogen and oxygen atoms in total. The molecule has 0 aliphatic heterocycles. The van der Waals surface area contributed by atoms with Crippen LogP contribution in [0.1, 0.15) is 76.2 Å².